The van der Waals surface area contributed by atoms with Gasteiger partial charge in [0.15, 0.2) is 0 Å². The van der Waals surface area contributed by atoms with Crippen molar-refractivity contribution in [2.75, 3.05) is 6.54 Å². The van der Waals surface area contributed by atoms with Crippen molar-refractivity contribution in [3.05, 3.63) is 35.4 Å². The number of carboxylic acids is 1. The molecule has 0 aliphatic heterocycles. The average molecular weight is 321 g/mol. The monoisotopic (exact) mass is 321 g/mol. The van der Waals surface area contributed by atoms with Crippen LogP contribution in [0.3, 0.4) is 0 Å². The van der Waals surface area contributed by atoms with Gasteiger partial charge < -0.3 is 10.0 Å². The van der Waals surface area contributed by atoms with E-state index in [1.54, 1.807) is 0 Å². The Balaban J connectivity index is 2.96. The molecule has 4 nitrogen and oxygen atoms in total. The van der Waals surface area contributed by atoms with E-state index in [0.29, 0.717) is 12.1 Å². The van der Waals surface area contributed by atoms with Gasteiger partial charge in [0.25, 0.3) is 5.91 Å². The van der Waals surface area contributed by atoms with Crippen LogP contribution in [-0.4, -0.2) is 34.5 Å². The molecule has 1 aromatic rings. The predicted molar refractivity (Wildman–Crippen MR) is 69.8 cm³/mol. The van der Waals surface area contributed by atoms with Gasteiger partial charge in [0.1, 0.15) is 6.54 Å². The molecular weight excluding hydrogens is 306 g/mol. The van der Waals surface area contributed by atoms with Gasteiger partial charge in [-0.15, -0.1) is 0 Å². The number of rotatable bonds is 5. The minimum atomic E-state index is -4.55. The summed E-state index contributed by atoms with van der Waals surface area (Å²) in [6.45, 7) is 2.35. The lowest BCUT2D eigenvalue weighted by atomic mass is 10.1. The number of hydrogen-bond donors (Lipinski definition) is 1. The zero-order valence-corrected chi connectivity index (χ0v) is 11.9. The van der Waals surface area contributed by atoms with Crippen LogP contribution in [0.4, 0.5) is 17.6 Å². The first-order valence-electron chi connectivity index (χ1n) is 6.37. The van der Waals surface area contributed by atoms with E-state index in [0.717, 1.165) is 17.0 Å². The Morgan fingerprint density at radius 3 is 2.05 bits per heavy atom. The summed E-state index contributed by atoms with van der Waals surface area (Å²) < 4.78 is 51.4. The van der Waals surface area contributed by atoms with Crippen molar-refractivity contribution >= 4 is 11.9 Å². The highest BCUT2D eigenvalue weighted by molar-refractivity contribution is 5.85. The van der Waals surface area contributed by atoms with Crippen LogP contribution < -0.4 is 0 Å². The van der Waals surface area contributed by atoms with E-state index in [1.807, 2.05) is 0 Å². The van der Waals surface area contributed by atoms with Crippen molar-refractivity contribution in [2.24, 2.45) is 0 Å². The van der Waals surface area contributed by atoms with E-state index in [4.69, 9.17) is 5.11 Å². The van der Waals surface area contributed by atoms with Gasteiger partial charge in [0, 0.05) is 6.04 Å². The van der Waals surface area contributed by atoms with Crippen LogP contribution in [0.5, 0.6) is 0 Å². The number of halogens is 4. The van der Waals surface area contributed by atoms with Crippen molar-refractivity contribution in [3.8, 4) is 0 Å². The molecule has 0 saturated heterocycles. The van der Waals surface area contributed by atoms with Gasteiger partial charge in [-0.05, 0) is 31.5 Å². The third-order valence-electron chi connectivity index (χ3n) is 2.96. The second-order valence-corrected chi connectivity index (χ2v) is 4.94. The number of amides is 1. The van der Waals surface area contributed by atoms with Crippen molar-refractivity contribution < 1.29 is 32.3 Å². The van der Waals surface area contributed by atoms with Crippen LogP contribution in [0.2, 0.25) is 0 Å². The van der Waals surface area contributed by atoms with Crippen LogP contribution in [0, 0.1) is 0 Å². The summed E-state index contributed by atoms with van der Waals surface area (Å²) in [6, 6.07) is 2.52. The molecule has 1 atom stereocenters. The fourth-order valence-electron chi connectivity index (χ4n) is 1.79. The van der Waals surface area contributed by atoms with E-state index in [1.165, 1.54) is 13.8 Å². The summed E-state index contributed by atoms with van der Waals surface area (Å²) in [5, 5.41) is 8.72. The molecule has 1 unspecified atom stereocenters. The number of aliphatic carboxylic acids is 1. The van der Waals surface area contributed by atoms with Gasteiger partial charge in [-0.2, -0.15) is 13.2 Å². The van der Waals surface area contributed by atoms with E-state index in [-0.39, 0.29) is 5.56 Å². The Morgan fingerprint density at radius 1 is 1.18 bits per heavy atom. The molecule has 0 radical (unpaired) electrons. The molecule has 0 aliphatic carbocycles. The van der Waals surface area contributed by atoms with E-state index in [9.17, 15) is 27.2 Å². The summed E-state index contributed by atoms with van der Waals surface area (Å²) in [4.78, 5) is 23.5. The molecule has 0 spiro atoms. The highest BCUT2D eigenvalue weighted by Crippen LogP contribution is 2.31. The maximum Gasteiger partial charge on any atom is 0.416 e. The smallest absolute Gasteiger partial charge is 0.416 e. The molecule has 0 fully saturated rings. The minimum absolute atomic E-state index is 0.256. The van der Waals surface area contributed by atoms with Crippen molar-refractivity contribution in [3.63, 3.8) is 0 Å². The van der Waals surface area contributed by atoms with Gasteiger partial charge in [-0.3, -0.25) is 9.59 Å². The summed E-state index contributed by atoms with van der Waals surface area (Å²) in [6.07, 6.45) is -6.77. The zero-order chi connectivity index (χ0) is 17.1. The number of alkyl halides is 4. The summed E-state index contributed by atoms with van der Waals surface area (Å²) in [5.41, 5.74) is -1.21. The Hall–Kier alpha value is -2.12. The molecule has 0 aromatic heterocycles. The fraction of sp³-hybridized carbons (Fsp3) is 0.429. The summed E-state index contributed by atoms with van der Waals surface area (Å²) in [7, 11) is 0. The van der Waals surface area contributed by atoms with E-state index in [2.05, 4.69) is 0 Å². The Bertz CT molecular complexity index is 540. The molecule has 1 rings (SSSR count). The summed E-state index contributed by atoms with van der Waals surface area (Å²) >= 11 is 0. The lowest BCUT2D eigenvalue weighted by molar-refractivity contribution is -0.148. The second-order valence-electron chi connectivity index (χ2n) is 4.94. The molecule has 0 aliphatic rings. The normalized spacial score (nSPS) is 13.0. The standard InChI is InChI=1S/C14H15F4NO3/c1-8(2)19(7-11(20)21)13(22)12(15)9-3-5-10(6-4-9)14(16,17)18/h3-6,8,12H,7H2,1-2H3,(H,20,21). The minimum Gasteiger partial charge on any atom is -0.480 e. The Kier molecular flexibility index (Phi) is 5.51. The van der Waals surface area contributed by atoms with Crippen molar-refractivity contribution in [1.29, 1.82) is 0 Å². The largest absolute Gasteiger partial charge is 0.480 e. The van der Waals surface area contributed by atoms with Gasteiger partial charge in [-0.25, -0.2) is 4.39 Å². The van der Waals surface area contributed by atoms with Gasteiger partial charge in [0.2, 0.25) is 6.17 Å². The number of carbonyl (C=O) groups excluding carboxylic acids is 1. The third-order valence-corrected chi connectivity index (χ3v) is 2.96. The lowest BCUT2D eigenvalue weighted by Gasteiger charge is -2.26. The molecule has 122 valence electrons. The SMILES string of the molecule is CC(C)N(CC(=O)O)C(=O)C(F)c1ccc(C(F)(F)F)cc1. The van der Waals surface area contributed by atoms with Crippen LogP contribution >= 0.6 is 0 Å². The van der Waals surface area contributed by atoms with E-state index >= 15 is 0 Å². The predicted octanol–water partition coefficient (Wildman–Crippen LogP) is 3.04. The van der Waals surface area contributed by atoms with Gasteiger partial charge in [0.05, 0.1) is 5.56 Å². The molecule has 1 N–H and O–H groups in total. The van der Waals surface area contributed by atoms with Crippen LogP contribution in [0.1, 0.15) is 31.1 Å². The first-order valence-corrected chi connectivity index (χ1v) is 6.37. The molecule has 0 heterocycles. The second kappa shape index (κ2) is 6.76. The average Bonchev–Trinajstić information content (AvgIpc) is 2.42. The molecule has 8 heteroatoms. The molecule has 1 amide bonds. The van der Waals surface area contributed by atoms with Crippen LogP contribution in [-0.2, 0) is 15.8 Å². The first-order chi connectivity index (χ1) is 10.0. The number of benzene rings is 1. The highest BCUT2D eigenvalue weighted by atomic mass is 19.4. The number of nitrogens with zero attached hydrogens (tertiary/aromatic N) is 1. The summed E-state index contributed by atoms with van der Waals surface area (Å²) in [5.74, 6) is -2.40. The topological polar surface area (TPSA) is 57.6 Å². The number of carbonyl (C=O) groups is 2. The Labute approximate surface area is 124 Å². The van der Waals surface area contributed by atoms with Crippen molar-refractivity contribution in [2.45, 2.75) is 32.2 Å². The van der Waals surface area contributed by atoms with E-state index < -0.39 is 42.4 Å². The third kappa shape index (κ3) is 4.44. The van der Waals surface area contributed by atoms with Gasteiger partial charge in [-0.1, -0.05) is 12.1 Å². The molecule has 1 aromatic carbocycles. The molecule has 0 saturated carbocycles. The number of carboxylic acid groups (broad SMARTS) is 1. The van der Waals surface area contributed by atoms with Crippen LogP contribution in [0.25, 0.3) is 0 Å². The molecule has 0 bridgehead atoms. The quantitative estimate of drug-likeness (QED) is 0.848. The van der Waals surface area contributed by atoms with Crippen molar-refractivity contribution in [1.82, 2.24) is 4.90 Å². The highest BCUT2D eigenvalue weighted by Gasteiger charge is 2.32. The van der Waals surface area contributed by atoms with Crippen LogP contribution in [0.15, 0.2) is 24.3 Å². The fourth-order valence-corrected chi connectivity index (χ4v) is 1.79. The Morgan fingerprint density at radius 2 is 1.68 bits per heavy atom. The maximum atomic E-state index is 14.2. The number of hydrogen-bond acceptors (Lipinski definition) is 2. The zero-order valence-electron chi connectivity index (χ0n) is 11.9. The first kappa shape index (κ1) is 17.9. The maximum absolute atomic E-state index is 14.2. The van der Waals surface area contributed by atoms with Gasteiger partial charge >= 0.3 is 12.1 Å². The molecule has 22 heavy (non-hydrogen) atoms. The lowest BCUT2D eigenvalue weighted by Crippen LogP contribution is -2.42. The molecular formula is C14H15F4NO3.